The summed E-state index contributed by atoms with van der Waals surface area (Å²) < 4.78 is 34.8. The van der Waals surface area contributed by atoms with E-state index in [1.807, 2.05) is 0 Å². The summed E-state index contributed by atoms with van der Waals surface area (Å²) in [6.45, 7) is 0. The van der Waals surface area contributed by atoms with Crippen LogP contribution in [0, 0.1) is 0 Å². The number of hydrogen-bond donors (Lipinski definition) is 4. The van der Waals surface area contributed by atoms with E-state index in [9.17, 15) is 17.8 Å². The Kier molecular flexibility index (Phi) is 6.67. The second kappa shape index (κ2) is 6.72. The molecule has 0 radical (unpaired) electrons. The molecular weight excluding hydrogens is 293 g/mol. The van der Waals surface area contributed by atoms with Gasteiger partial charge < -0.3 is 14.9 Å². The van der Waals surface area contributed by atoms with E-state index in [0.717, 1.165) is 0 Å². The van der Waals surface area contributed by atoms with Crippen LogP contribution in [0.15, 0.2) is 0 Å². The number of rotatable bonds is 8. The van der Waals surface area contributed by atoms with Crippen molar-refractivity contribution in [1.29, 1.82) is 0 Å². The molecule has 0 aliphatic rings. The molecule has 0 saturated heterocycles. The fraction of sp³-hybridized carbons (Fsp3) is 0.833. The predicted octanol–water partition coefficient (Wildman–Crippen LogP) is -0.753. The second-order valence-electron chi connectivity index (χ2n) is 3.20. The van der Waals surface area contributed by atoms with E-state index in [4.69, 9.17) is 14.9 Å². The first-order valence-electron chi connectivity index (χ1n) is 4.34. The van der Waals surface area contributed by atoms with Crippen LogP contribution in [0.1, 0.15) is 6.42 Å². The van der Waals surface area contributed by atoms with Crippen LogP contribution in [0.5, 0.6) is 0 Å². The molecule has 4 N–H and O–H groups in total. The molecule has 0 aliphatic heterocycles. The van der Waals surface area contributed by atoms with E-state index in [1.165, 1.54) is 11.8 Å². The third kappa shape index (κ3) is 8.58. The average molecular weight is 307 g/mol. The second-order valence-corrected chi connectivity index (χ2v) is 8.01. The van der Waals surface area contributed by atoms with Crippen LogP contribution >= 0.6 is 19.4 Å². The van der Waals surface area contributed by atoms with Gasteiger partial charge in [-0.3, -0.25) is 9.36 Å². The number of aliphatic carboxylic acids is 1. The summed E-state index contributed by atoms with van der Waals surface area (Å²) in [5.74, 6) is -0.969. The molecule has 0 saturated carbocycles. The third-order valence-corrected chi connectivity index (χ3v) is 5.56. The third-order valence-electron chi connectivity index (χ3n) is 1.57. The predicted molar refractivity (Wildman–Crippen MR) is 63.4 cm³/mol. The zero-order chi connectivity index (χ0) is 13.7. The van der Waals surface area contributed by atoms with Gasteiger partial charge in [-0.1, -0.05) is 0 Å². The lowest BCUT2D eigenvalue weighted by atomic mass is 10.2. The molecule has 0 rings (SSSR count). The standard InChI is InChI=1S/C6H14NO7PS2/c1-16-3-2-5(6(8)9)7-17(13,14)4-15(10,11)12/h5,7H,2-4H2,1H3,(H,8,9)(H2,10,11,12). The molecule has 0 aromatic heterocycles. The van der Waals surface area contributed by atoms with E-state index in [-0.39, 0.29) is 6.42 Å². The highest BCUT2D eigenvalue weighted by atomic mass is 32.2. The van der Waals surface area contributed by atoms with Crippen LogP contribution in [-0.2, 0) is 19.4 Å². The van der Waals surface area contributed by atoms with Crippen molar-refractivity contribution in [3.63, 3.8) is 0 Å². The van der Waals surface area contributed by atoms with Gasteiger partial charge in [0.05, 0.1) is 0 Å². The van der Waals surface area contributed by atoms with Crippen molar-refractivity contribution in [1.82, 2.24) is 4.72 Å². The highest BCUT2D eigenvalue weighted by molar-refractivity contribution is 7.98. The van der Waals surface area contributed by atoms with Gasteiger partial charge in [0.15, 0.2) is 5.49 Å². The van der Waals surface area contributed by atoms with Crippen LogP contribution in [0.3, 0.4) is 0 Å². The van der Waals surface area contributed by atoms with Gasteiger partial charge in [-0.2, -0.15) is 11.8 Å². The summed E-state index contributed by atoms with van der Waals surface area (Å²) in [5.41, 5.74) is -1.41. The molecule has 1 atom stereocenters. The van der Waals surface area contributed by atoms with Gasteiger partial charge in [-0.25, -0.2) is 13.1 Å². The molecule has 0 heterocycles. The lowest BCUT2D eigenvalue weighted by molar-refractivity contribution is -0.139. The number of carboxylic acids is 1. The fourth-order valence-corrected chi connectivity index (χ4v) is 4.14. The lowest BCUT2D eigenvalue weighted by Crippen LogP contribution is -2.42. The van der Waals surface area contributed by atoms with Crippen LogP contribution in [-0.4, -0.2) is 52.8 Å². The molecule has 11 heteroatoms. The van der Waals surface area contributed by atoms with E-state index < -0.39 is 35.1 Å². The number of carboxylic acid groups (broad SMARTS) is 1. The number of thioether (sulfide) groups is 1. The number of carbonyl (C=O) groups is 1. The molecule has 0 spiro atoms. The minimum absolute atomic E-state index is 0.0386. The summed E-state index contributed by atoms with van der Waals surface area (Å²) >= 11 is 1.33. The summed E-state index contributed by atoms with van der Waals surface area (Å²) in [5, 5.41) is 8.73. The molecule has 102 valence electrons. The maximum Gasteiger partial charge on any atom is 0.341 e. The largest absolute Gasteiger partial charge is 0.480 e. The molecule has 0 amide bonds. The van der Waals surface area contributed by atoms with Gasteiger partial charge in [0, 0.05) is 0 Å². The Labute approximate surface area is 103 Å². The van der Waals surface area contributed by atoms with Gasteiger partial charge in [-0.05, 0) is 18.4 Å². The Bertz CT molecular complexity index is 403. The summed E-state index contributed by atoms with van der Waals surface area (Å²) in [4.78, 5) is 27.8. The fourth-order valence-electron chi connectivity index (χ4n) is 0.944. The Morgan fingerprint density at radius 1 is 1.47 bits per heavy atom. The van der Waals surface area contributed by atoms with Crippen molar-refractivity contribution in [2.24, 2.45) is 0 Å². The monoisotopic (exact) mass is 307 g/mol. The summed E-state index contributed by atoms with van der Waals surface area (Å²) in [7, 11) is -9.07. The molecule has 8 nitrogen and oxygen atoms in total. The highest BCUT2D eigenvalue weighted by Gasteiger charge is 2.29. The van der Waals surface area contributed by atoms with E-state index >= 15 is 0 Å². The van der Waals surface area contributed by atoms with E-state index in [2.05, 4.69) is 0 Å². The Morgan fingerprint density at radius 3 is 2.35 bits per heavy atom. The normalized spacial score (nSPS) is 14.5. The molecule has 17 heavy (non-hydrogen) atoms. The number of nitrogens with one attached hydrogen (secondary N) is 1. The molecule has 0 aliphatic carbocycles. The minimum atomic E-state index is -4.75. The maximum atomic E-state index is 11.3. The molecule has 0 aromatic carbocycles. The van der Waals surface area contributed by atoms with Gasteiger partial charge in [0.1, 0.15) is 6.04 Å². The first kappa shape index (κ1) is 16.9. The average Bonchev–Trinajstić information content (AvgIpc) is 2.07. The number of hydrogen-bond acceptors (Lipinski definition) is 5. The SMILES string of the molecule is CSCCC(NS(=O)(=O)CP(=O)(O)O)C(=O)O. The molecule has 1 unspecified atom stereocenters. The van der Waals surface area contributed by atoms with Gasteiger partial charge >= 0.3 is 13.6 Å². The van der Waals surface area contributed by atoms with E-state index in [0.29, 0.717) is 5.75 Å². The molecule has 0 fully saturated rings. The van der Waals surface area contributed by atoms with Gasteiger partial charge in [0.25, 0.3) is 0 Å². The Balaban J connectivity index is 4.64. The molecule has 0 aromatic rings. The van der Waals surface area contributed by atoms with Gasteiger partial charge in [-0.15, -0.1) is 0 Å². The quantitative estimate of drug-likeness (QED) is 0.429. The summed E-state index contributed by atoms with van der Waals surface area (Å²) in [6, 6.07) is -1.38. The maximum absolute atomic E-state index is 11.3. The van der Waals surface area contributed by atoms with Crippen molar-refractivity contribution in [3.8, 4) is 0 Å². The van der Waals surface area contributed by atoms with E-state index in [1.54, 1.807) is 11.0 Å². The van der Waals surface area contributed by atoms with Crippen molar-refractivity contribution >= 4 is 35.4 Å². The first-order chi connectivity index (χ1) is 7.57. The Hall–Kier alpha value is -0.120. The van der Waals surface area contributed by atoms with Crippen molar-refractivity contribution in [3.05, 3.63) is 0 Å². The Morgan fingerprint density at radius 2 is 2.00 bits per heavy atom. The van der Waals surface area contributed by atoms with Crippen LogP contribution in [0.25, 0.3) is 0 Å². The van der Waals surface area contributed by atoms with Crippen LogP contribution in [0.2, 0.25) is 0 Å². The minimum Gasteiger partial charge on any atom is -0.480 e. The van der Waals surface area contributed by atoms with Crippen LogP contribution in [0.4, 0.5) is 0 Å². The lowest BCUT2D eigenvalue weighted by Gasteiger charge is -2.14. The van der Waals surface area contributed by atoms with Crippen molar-refractivity contribution in [2.75, 3.05) is 17.5 Å². The van der Waals surface area contributed by atoms with Crippen molar-refractivity contribution in [2.45, 2.75) is 12.5 Å². The summed E-state index contributed by atoms with van der Waals surface area (Å²) in [6.07, 6.45) is 1.76. The first-order valence-corrected chi connectivity index (χ1v) is 9.18. The number of sulfonamides is 1. The van der Waals surface area contributed by atoms with Crippen molar-refractivity contribution < 1.29 is 32.7 Å². The highest BCUT2D eigenvalue weighted by Crippen LogP contribution is 2.35. The topological polar surface area (TPSA) is 141 Å². The zero-order valence-electron chi connectivity index (χ0n) is 8.94. The van der Waals surface area contributed by atoms with Gasteiger partial charge in [0.2, 0.25) is 10.0 Å². The smallest absolute Gasteiger partial charge is 0.341 e. The zero-order valence-corrected chi connectivity index (χ0v) is 11.5. The molecule has 0 bridgehead atoms. The molecular formula is C6H14NO7PS2. The van der Waals surface area contributed by atoms with Crippen LogP contribution < -0.4 is 4.72 Å².